The first-order chi connectivity index (χ1) is 15.5. The molecule has 2 heterocycles. The zero-order chi connectivity index (χ0) is 22.2. The molecule has 3 aliphatic rings. The molecule has 0 bridgehead atoms. The van der Waals surface area contributed by atoms with Gasteiger partial charge in [0.2, 0.25) is 11.8 Å². The second-order valence-electron chi connectivity index (χ2n) is 8.34. The number of nitrogens with zero attached hydrogens (tertiary/aromatic N) is 1. The molecule has 1 aliphatic carbocycles. The van der Waals surface area contributed by atoms with Crippen molar-refractivity contribution in [3.8, 4) is 11.5 Å². The van der Waals surface area contributed by atoms with Crippen molar-refractivity contribution in [2.45, 2.75) is 37.9 Å². The Kier molecular flexibility index (Phi) is 5.20. The second-order valence-corrected chi connectivity index (χ2v) is 8.34. The number of ether oxygens (including phenoxy) is 2. The van der Waals surface area contributed by atoms with Gasteiger partial charge in [-0.3, -0.25) is 14.4 Å². The van der Waals surface area contributed by atoms with Crippen LogP contribution in [0.1, 0.15) is 53.3 Å². The molecule has 166 valence electrons. The summed E-state index contributed by atoms with van der Waals surface area (Å²) >= 11 is 0. The summed E-state index contributed by atoms with van der Waals surface area (Å²) in [7, 11) is 0. The molecule has 3 amide bonds. The van der Waals surface area contributed by atoms with Crippen molar-refractivity contribution in [1.29, 1.82) is 0 Å². The van der Waals surface area contributed by atoms with E-state index in [9.17, 15) is 14.4 Å². The van der Waals surface area contributed by atoms with Gasteiger partial charge in [0.25, 0.3) is 5.91 Å². The van der Waals surface area contributed by atoms with Gasteiger partial charge in [0.1, 0.15) is 19.3 Å². The first-order valence-corrected chi connectivity index (χ1v) is 10.9. The van der Waals surface area contributed by atoms with Gasteiger partial charge in [-0.15, -0.1) is 0 Å². The van der Waals surface area contributed by atoms with E-state index >= 15 is 0 Å². The summed E-state index contributed by atoms with van der Waals surface area (Å²) in [5.74, 6) is 0.596. The molecular weight excluding hydrogens is 410 g/mol. The number of rotatable bonds is 6. The van der Waals surface area contributed by atoms with Crippen molar-refractivity contribution in [1.82, 2.24) is 15.5 Å². The third-order valence-corrected chi connectivity index (χ3v) is 6.05. The molecule has 2 unspecified atom stereocenters. The lowest BCUT2D eigenvalue weighted by Gasteiger charge is -2.24. The Balaban J connectivity index is 1.21. The first kappa shape index (κ1) is 20.4. The Hall–Kier alpha value is -3.55. The minimum absolute atomic E-state index is 0.0923. The fourth-order valence-electron chi connectivity index (χ4n) is 4.30. The average Bonchev–Trinajstić information content (AvgIpc) is 3.61. The Labute approximate surface area is 185 Å². The van der Waals surface area contributed by atoms with Crippen molar-refractivity contribution < 1.29 is 23.9 Å². The van der Waals surface area contributed by atoms with E-state index in [0.717, 1.165) is 18.4 Å². The van der Waals surface area contributed by atoms with E-state index in [1.54, 1.807) is 17.0 Å². The highest BCUT2D eigenvalue weighted by molar-refractivity contribution is 6.05. The van der Waals surface area contributed by atoms with Crippen LogP contribution in [0.5, 0.6) is 11.5 Å². The molecule has 8 heteroatoms. The van der Waals surface area contributed by atoms with Crippen LogP contribution in [0.3, 0.4) is 0 Å². The number of hydrogen-bond acceptors (Lipinski definition) is 5. The molecule has 8 nitrogen and oxygen atoms in total. The van der Waals surface area contributed by atoms with Gasteiger partial charge < -0.3 is 25.0 Å². The normalized spacial score (nSPS) is 19.8. The Bertz CT molecular complexity index is 1080. The van der Waals surface area contributed by atoms with Crippen LogP contribution >= 0.6 is 0 Å². The Morgan fingerprint density at radius 1 is 1.09 bits per heavy atom. The largest absolute Gasteiger partial charge is 0.486 e. The van der Waals surface area contributed by atoms with Crippen LogP contribution < -0.4 is 20.1 Å². The van der Waals surface area contributed by atoms with Gasteiger partial charge in [-0.25, -0.2) is 0 Å². The molecule has 2 atom stereocenters. The lowest BCUT2D eigenvalue weighted by Crippen LogP contribution is -2.44. The summed E-state index contributed by atoms with van der Waals surface area (Å²) in [4.78, 5) is 40.0. The number of carbonyl (C=O) groups is 3. The minimum Gasteiger partial charge on any atom is -0.486 e. The van der Waals surface area contributed by atoms with Crippen molar-refractivity contribution in [3.05, 3.63) is 59.2 Å². The molecule has 2 aromatic rings. The van der Waals surface area contributed by atoms with E-state index in [1.807, 2.05) is 37.3 Å². The molecule has 0 saturated heterocycles. The molecule has 0 aromatic heterocycles. The molecule has 32 heavy (non-hydrogen) atoms. The van der Waals surface area contributed by atoms with Gasteiger partial charge >= 0.3 is 0 Å². The maximum Gasteiger partial charge on any atom is 0.255 e. The Morgan fingerprint density at radius 3 is 2.62 bits per heavy atom. The number of benzene rings is 2. The number of hydrogen-bond donors (Lipinski definition) is 2. The van der Waals surface area contributed by atoms with Crippen molar-refractivity contribution in [3.63, 3.8) is 0 Å². The van der Waals surface area contributed by atoms with Gasteiger partial charge in [-0.1, -0.05) is 24.3 Å². The van der Waals surface area contributed by atoms with Gasteiger partial charge in [-0.2, -0.15) is 0 Å². The third-order valence-electron chi connectivity index (χ3n) is 6.05. The highest BCUT2D eigenvalue weighted by Gasteiger charge is 2.47. The highest BCUT2D eigenvalue weighted by Crippen LogP contribution is 2.41. The van der Waals surface area contributed by atoms with Gasteiger partial charge in [0, 0.05) is 11.6 Å². The van der Waals surface area contributed by atoms with Crippen molar-refractivity contribution >= 4 is 17.7 Å². The topological polar surface area (TPSA) is 97.0 Å². The molecular formula is C24H25N3O5. The molecule has 2 aromatic carbocycles. The molecule has 2 aliphatic heterocycles. The number of carbonyl (C=O) groups excluding carboxylic acids is 3. The number of fused-ring (bicyclic) bond motifs is 2. The smallest absolute Gasteiger partial charge is 0.255 e. The van der Waals surface area contributed by atoms with Crippen LogP contribution in [0.4, 0.5) is 0 Å². The molecule has 1 fully saturated rings. The Morgan fingerprint density at radius 2 is 1.84 bits per heavy atom. The van der Waals surface area contributed by atoms with Crippen LogP contribution in [-0.2, 0) is 9.59 Å². The molecule has 5 rings (SSSR count). The molecule has 0 spiro atoms. The lowest BCUT2D eigenvalue weighted by atomic mass is 10.0. The number of amides is 3. The molecule has 1 saturated carbocycles. The van der Waals surface area contributed by atoms with Crippen LogP contribution in [0.15, 0.2) is 42.5 Å². The standard InChI is InChI=1S/C24H25N3O5/c1-14(15-6-9-19-20(12-15)32-11-10-31-19)26-21(28)13-25-23(29)22-17-4-2-3-5-18(17)24(30)27(22)16-7-8-16/h2-6,9,12,14,16,22H,7-8,10-11,13H2,1H3,(H,25,29)(H,26,28). The van der Waals surface area contributed by atoms with E-state index in [1.165, 1.54) is 0 Å². The van der Waals surface area contributed by atoms with Crippen LogP contribution in [0.2, 0.25) is 0 Å². The number of nitrogens with one attached hydrogen (secondary N) is 2. The SMILES string of the molecule is CC(NC(=O)CNC(=O)C1c2ccccc2C(=O)N1C1CC1)c1ccc2c(c1)OCCO2. The van der Waals surface area contributed by atoms with Crippen LogP contribution in [0.25, 0.3) is 0 Å². The van der Waals surface area contributed by atoms with Gasteiger partial charge in [0.15, 0.2) is 11.5 Å². The fourth-order valence-corrected chi connectivity index (χ4v) is 4.30. The molecule has 0 radical (unpaired) electrons. The molecule has 2 N–H and O–H groups in total. The van der Waals surface area contributed by atoms with Crippen LogP contribution in [-0.4, -0.2) is 48.4 Å². The van der Waals surface area contributed by atoms with Crippen LogP contribution in [0, 0.1) is 0 Å². The summed E-state index contributed by atoms with van der Waals surface area (Å²) in [6, 6.07) is 11.9. The van der Waals surface area contributed by atoms with E-state index in [2.05, 4.69) is 10.6 Å². The summed E-state index contributed by atoms with van der Waals surface area (Å²) in [5.41, 5.74) is 2.15. The highest BCUT2D eigenvalue weighted by atomic mass is 16.6. The summed E-state index contributed by atoms with van der Waals surface area (Å²) in [5, 5.41) is 5.61. The predicted molar refractivity (Wildman–Crippen MR) is 115 cm³/mol. The first-order valence-electron chi connectivity index (χ1n) is 10.9. The monoisotopic (exact) mass is 435 g/mol. The van der Waals surface area contributed by atoms with E-state index in [4.69, 9.17) is 9.47 Å². The zero-order valence-corrected chi connectivity index (χ0v) is 17.8. The maximum absolute atomic E-state index is 13.0. The van der Waals surface area contributed by atoms with Gasteiger partial charge in [0.05, 0.1) is 12.6 Å². The van der Waals surface area contributed by atoms with Gasteiger partial charge in [-0.05, 0) is 49.1 Å². The predicted octanol–water partition coefficient (Wildman–Crippen LogP) is 2.11. The summed E-state index contributed by atoms with van der Waals surface area (Å²) in [6.45, 7) is 2.71. The third kappa shape index (κ3) is 3.77. The van der Waals surface area contributed by atoms with Crippen molar-refractivity contribution in [2.75, 3.05) is 19.8 Å². The van der Waals surface area contributed by atoms with Crippen molar-refractivity contribution in [2.24, 2.45) is 0 Å². The van der Waals surface area contributed by atoms with E-state index < -0.39 is 6.04 Å². The average molecular weight is 435 g/mol. The second kappa shape index (κ2) is 8.18. The van der Waals surface area contributed by atoms with E-state index in [-0.39, 0.29) is 36.3 Å². The lowest BCUT2D eigenvalue weighted by molar-refractivity contribution is -0.129. The quantitative estimate of drug-likeness (QED) is 0.725. The maximum atomic E-state index is 13.0. The summed E-state index contributed by atoms with van der Waals surface area (Å²) in [6.07, 6.45) is 1.80. The van der Waals surface area contributed by atoms with E-state index in [0.29, 0.717) is 35.8 Å². The fraction of sp³-hybridized carbons (Fsp3) is 0.375. The summed E-state index contributed by atoms with van der Waals surface area (Å²) < 4.78 is 11.1. The zero-order valence-electron chi connectivity index (χ0n) is 17.8. The minimum atomic E-state index is -0.686.